The summed E-state index contributed by atoms with van der Waals surface area (Å²) in [7, 11) is 1.60. The van der Waals surface area contributed by atoms with Crippen molar-refractivity contribution in [1.29, 1.82) is 0 Å². The second-order valence-corrected chi connectivity index (χ2v) is 10.8. The van der Waals surface area contributed by atoms with Crippen molar-refractivity contribution in [1.82, 2.24) is 0 Å². The molecule has 9 nitrogen and oxygen atoms in total. The number of aliphatic carboxylic acids is 2. The molecular weight excluding hydrogens is 560 g/mol. The number of carboxylic acid groups (broad SMARTS) is 2. The van der Waals surface area contributed by atoms with Crippen LogP contribution in [0.4, 0.5) is 0 Å². The van der Waals surface area contributed by atoms with Crippen LogP contribution in [0.1, 0.15) is 56.1 Å². The standard InChI is InChI=1S/C32H38O9S/c1-39-26-14-12-23(13-15-26)25-20-27(22-28(21-25)42(37)38)40-18-5-3-2-4-8-24-9-6-10-30(29(24)16-17-32(35)36)41-19-7-11-31(33)34/h6,9-10,12-15,20-22H,2-5,7-8,11,16-19H2,1H3,(H,33,34)(H,35,36)(H,37,38). The quantitative estimate of drug-likeness (QED) is 0.106. The van der Waals surface area contributed by atoms with Gasteiger partial charge in [0.05, 0.1) is 25.2 Å². The minimum atomic E-state index is -2.14. The fraction of sp³-hybridized carbons (Fsp3) is 0.375. The first-order valence-corrected chi connectivity index (χ1v) is 15.1. The maximum atomic E-state index is 11.8. The van der Waals surface area contributed by atoms with Crippen LogP contribution in [0, 0.1) is 0 Å². The molecule has 0 aliphatic rings. The summed E-state index contributed by atoms with van der Waals surface area (Å²) in [4.78, 5) is 22.2. The topological polar surface area (TPSA) is 140 Å². The van der Waals surface area contributed by atoms with Crippen molar-refractivity contribution >= 4 is 23.0 Å². The van der Waals surface area contributed by atoms with Gasteiger partial charge in [-0.25, -0.2) is 4.21 Å². The summed E-state index contributed by atoms with van der Waals surface area (Å²) in [5, 5.41) is 18.0. The Bertz CT molecular complexity index is 1340. The Labute approximate surface area is 248 Å². The number of carbonyl (C=O) groups is 2. The molecule has 0 bridgehead atoms. The summed E-state index contributed by atoms with van der Waals surface area (Å²) >= 11 is -2.14. The fourth-order valence-electron chi connectivity index (χ4n) is 4.57. The molecule has 3 aromatic rings. The summed E-state index contributed by atoms with van der Waals surface area (Å²) in [6, 6.07) is 18.2. The molecule has 0 saturated heterocycles. The zero-order valence-electron chi connectivity index (χ0n) is 23.8. The van der Waals surface area contributed by atoms with Crippen LogP contribution in [0.3, 0.4) is 0 Å². The second kappa shape index (κ2) is 17.2. The molecule has 0 aliphatic heterocycles. The van der Waals surface area contributed by atoms with Gasteiger partial charge in [-0.05, 0) is 90.8 Å². The summed E-state index contributed by atoms with van der Waals surface area (Å²) in [5.41, 5.74) is 3.57. The lowest BCUT2D eigenvalue weighted by atomic mass is 9.97. The number of hydrogen-bond acceptors (Lipinski definition) is 6. The van der Waals surface area contributed by atoms with Crippen LogP contribution in [0.5, 0.6) is 17.2 Å². The van der Waals surface area contributed by atoms with Crippen LogP contribution in [0.2, 0.25) is 0 Å². The number of hydrogen-bond donors (Lipinski definition) is 3. The van der Waals surface area contributed by atoms with Gasteiger partial charge < -0.3 is 29.0 Å². The molecule has 0 fully saturated rings. The van der Waals surface area contributed by atoms with Gasteiger partial charge in [-0.15, -0.1) is 0 Å². The van der Waals surface area contributed by atoms with E-state index in [9.17, 15) is 23.5 Å². The molecule has 0 spiro atoms. The van der Waals surface area contributed by atoms with Crippen LogP contribution in [-0.2, 0) is 33.5 Å². The van der Waals surface area contributed by atoms with Gasteiger partial charge in [-0.3, -0.25) is 9.59 Å². The largest absolute Gasteiger partial charge is 0.497 e. The molecule has 3 aromatic carbocycles. The molecule has 0 heterocycles. The lowest BCUT2D eigenvalue weighted by Gasteiger charge is -2.15. The number of unbranched alkanes of at least 4 members (excludes halogenated alkanes) is 3. The van der Waals surface area contributed by atoms with E-state index >= 15 is 0 Å². The third-order valence-electron chi connectivity index (χ3n) is 6.73. The number of methoxy groups -OCH3 is 1. The van der Waals surface area contributed by atoms with Gasteiger partial charge in [-0.1, -0.05) is 37.1 Å². The van der Waals surface area contributed by atoms with Crippen molar-refractivity contribution in [3.05, 3.63) is 71.8 Å². The maximum Gasteiger partial charge on any atom is 0.303 e. The predicted octanol–water partition coefficient (Wildman–Crippen LogP) is 6.39. The molecular formula is C32H38O9S. The van der Waals surface area contributed by atoms with E-state index in [2.05, 4.69) is 0 Å². The number of aryl methyl sites for hydroxylation is 1. The molecule has 0 amide bonds. The van der Waals surface area contributed by atoms with Crippen molar-refractivity contribution in [3.63, 3.8) is 0 Å². The van der Waals surface area contributed by atoms with Crippen molar-refractivity contribution in [2.75, 3.05) is 20.3 Å². The number of benzene rings is 3. The lowest BCUT2D eigenvalue weighted by molar-refractivity contribution is -0.138. The molecule has 0 radical (unpaired) electrons. The van der Waals surface area contributed by atoms with Gasteiger partial charge in [0.15, 0.2) is 11.1 Å². The molecule has 42 heavy (non-hydrogen) atoms. The molecule has 226 valence electrons. The van der Waals surface area contributed by atoms with Gasteiger partial charge in [0.1, 0.15) is 17.2 Å². The average molecular weight is 599 g/mol. The SMILES string of the molecule is COc1ccc(-c2cc(OCCCCCCc3cccc(OCCCC(=O)O)c3CCC(=O)O)cc(S(=O)O)c2)cc1. The third kappa shape index (κ3) is 10.8. The van der Waals surface area contributed by atoms with E-state index < -0.39 is 23.0 Å². The monoisotopic (exact) mass is 598 g/mol. The number of carboxylic acids is 2. The Morgan fingerprint density at radius 3 is 2.14 bits per heavy atom. The minimum absolute atomic E-state index is 0.00884. The molecule has 0 saturated carbocycles. The lowest BCUT2D eigenvalue weighted by Crippen LogP contribution is -2.07. The molecule has 3 rings (SSSR count). The van der Waals surface area contributed by atoms with E-state index in [0.29, 0.717) is 30.9 Å². The van der Waals surface area contributed by atoms with E-state index in [1.165, 1.54) is 0 Å². The number of rotatable bonds is 19. The first kappa shape index (κ1) is 32.6. The van der Waals surface area contributed by atoms with Gasteiger partial charge in [0.2, 0.25) is 0 Å². The van der Waals surface area contributed by atoms with Crippen LogP contribution >= 0.6 is 0 Å². The highest BCUT2D eigenvalue weighted by Crippen LogP contribution is 2.29. The summed E-state index contributed by atoms with van der Waals surface area (Å²) in [6.45, 7) is 0.724. The Morgan fingerprint density at radius 2 is 1.45 bits per heavy atom. The Morgan fingerprint density at radius 1 is 0.738 bits per heavy atom. The van der Waals surface area contributed by atoms with Crippen LogP contribution < -0.4 is 14.2 Å². The van der Waals surface area contributed by atoms with Crippen molar-refractivity contribution in [2.24, 2.45) is 0 Å². The number of ether oxygens (including phenoxy) is 3. The third-order valence-corrected chi connectivity index (χ3v) is 7.36. The maximum absolute atomic E-state index is 11.8. The zero-order chi connectivity index (χ0) is 30.3. The van der Waals surface area contributed by atoms with Crippen molar-refractivity contribution in [2.45, 2.75) is 62.7 Å². The smallest absolute Gasteiger partial charge is 0.303 e. The molecule has 0 aliphatic carbocycles. The van der Waals surface area contributed by atoms with Crippen LogP contribution in [0.15, 0.2) is 65.6 Å². The minimum Gasteiger partial charge on any atom is -0.497 e. The average Bonchev–Trinajstić information content (AvgIpc) is 2.98. The van der Waals surface area contributed by atoms with Crippen LogP contribution in [-0.4, -0.2) is 51.2 Å². The van der Waals surface area contributed by atoms with E-state index in [1.54, 1.807) is 25.3 Å². The first-order chi connectivity index (χ1) is 20.3. The summed E-state index contributed by atoms with van der Waals surface area (Å²) < 4.78 is 38.4. The normalized spacial score (nSPS) is 11.6. The van der Waals surface area contributed by atoms with Crippen molar-refractivity contribution in [3.8, 4) is 28.4 Å². The molecule has 10 heteroatoms. The first-order valence-electron chi connectivity index (χ1n) is 14.0. The highest BCUT2D eigenvalue weighted by Gasteiger charge is 2.13. The molecule has 0 aromatic heterocycles. The molecule has 3 N–H and O–H groups in total. The van der Waals surface area contributed by atoms with Crippen molar-refractivity contribution < 1.29 is 42.8 Å². The summed E-state index contributed by atoms with van der Waals surface area (Å²) in [5.74, 6) is 0.116. The van der Waals surface area contributed by atoms with Gasteiger partial charge in [0, 0.05) is 12.8 Å². The predicted molar refractivity (Wildman–Crippen MR) is 160 cm³/mol. The zero-order valence-corrected chi connectivity index (χ0v) is 24.6. The van der Waals surface area contributed by atoms with Gasteiger partial charge in [-0.2, -0.15) is 0 Å². The van der Waals surface area contributed by atoms with Gasteiger partial charge >= 0.3 is 11.9 Å². The van der Waals surface area contributed by atoms with E-state index in [4.69, 9.17) is 19.3 Å². The van der Waals surface area contributed by atoms with E-state index in [-0.39, 0.29) is 24.3 Å². The Hall–Kier alpha value is -3.89. The summed E-state index contributed by atoms with van der Waals surface area (Å²) in [6.07, 6.45) is 5.10. The second-order valence-electron chi connectivity index (χ2n) is 9.82. The highest BCUT2D eigenvalue weighted by molar-refractivity contribution is 7.79. The molecule has 1 unspecified atom stereocenters. The van der Waals surface area contributed by atoms with Crippen LogP contribution in [0.25, 0.3) is 11.1 Å². The Balaban J connectivity index is 1.51. The highest BCUT2D eigenvalue weighted by atomic mass is 32.2. The van der Waals surface area contributed by atoms with E-state index in [1.807, 2.05) is 42.5 Å². The Kier molecular flexibility index (Phi) is 13.3. The fourth-order valence-corrected chi connectivity index (χ4v) is 5.01. The van der Waals surface area contributed by atoms with E-state index in [0.717, 1.165) is 60.1 Å². The molecule has 1 atom stereocenters. The van der Waals surface area contributed by atoms with Gasteiger partial charge in [0.25, 0.3) is 0 Å².